The molecule has 1 amide bonds. The number of nitrogen functional groups attached to an aromatic ring is 1. The summed E-state index contributed by atoms with van der Waals surface area (Å²) in [6.45, 7) is 0.672. The number of nitrogens with zero attached hydrogens (tertiary/aromatic N) is 2. The highest BCUT2D eigenvalue weighted by molar-refractivity contribution is 6.03. The van der Waals surface area contributed by atoms with Gasteiger partial charge in [0.1, 0.15) is 5.82 Å². The number of nitrogens with two attached hydrogens (primary N) is 1. The zero-order chi connectivity index (χ0) is 18.2. The van der Waals surface area contributed by atoms with E-state index in [1.807, 2.05) is 36.4 Å². The molecule has 0 saturated carbocycles. The van der Waals surface area contributed by atoms with Gasteiger partial charge in [0.15, 0.2) is 0 Å². The number of carbonyl (C=O) groups excluding carboxylic acids is 1. The zero-order valence-corrected chi connectivity index (χ0v) is 14.1. The molecule has 0 radical (unpaired) electrons. The Morgan fingerprint density at radius 3 is 2.62 bits per heavy atom. The van der Waals surface area contributed by atoms with Crippen LogP contribution in [0, 0.1) is 0 Å². The van der Waals surface area contributed by atoms with Crippen molar-refractivity contribution in [1.29, 1.82) is 0 Å². The molecule has 0 spiro atoms. The van der Waals surface area contributed by atoms with Crippen molar-refractivity contribution in [3.8, 4) is 0 Å². The molecular weight excluding hydrogens is 326 g/mol. The predicted octanol–water partition coefficient (Wildman–Crippen LogP) is 3.32. The Hall–Kier alpha value is -3.67. The van der Waals surface area contributed by atoms with Crippen molar-refractivity contribution in [3.63, 3.8) is 0 Å². The van der Waals surface area contributed by atoms with E-state index in [9.17, 15) is 4.79 Å². The Balaban J connectivity index is 1.54. The van der Waals surface area contributed by atoms with Gasteiger partial charge in [-0.3, -0.25) is 9.78 Å². The number of nitrogens with one attached hydrogen (secondary N) is 2. The molecule has 2 heterocycles. The lowest BCUT2D eigenvalue weighted by Crippen LogP contribution is -2.09. The molecule has 0 unspecified atom stereocenters. The number of amides is 1. The van der Waals surface area contributed by atoms with Crippen LogP contribution in [-0.2, 0) is 11.3 Å². The van der Waals surface area contributed by atoms with E-state index in [0.29, 0.717) is 17.9 Å². The number of anilines is 3. The Morgan fingerprint density at radius 2 is 1.88 bits per heavy atom. The van der Waals surface area contributed by atoms with E-state index in [4.69, 9.17) is 5.73 Å². The van der Waals surface area contributed by atoms with Gasteiger partial charge >= 0.3 is 0 Å². The van der Waals surface area contributed by atoms with Crippen LogP contribution in [0.3, 0.4) is 0 Å². The largest absolute Gasteiger partial charge is 0.397 e. The van der Waals surface area contributed by atoms with Crippen LogP contribution in [0.2, 0.25) is 0 Å². The van der Waals surface area contributed by atoms with Crippen LogP contribution in [0.5, 0.6) is 0 Å². The average molecular weight is 345 g/mol. The van der Waals surface area contributed by atoms with Crippen molar-refractivity contribution >= 4 is 29.2 Å². The second-order valence-corrected chi connectivity index (χ2v) is 5.60. The number of rotatable bonds is 6. The fraction of sp³-hybridized carbons (Fsp3) is 0.0500. The molecule has 2 aromatic heterocycles. The van der Waals surface area contributed by atoms with Gasteiger partial charge in [-0.1, -0.05) is 12.1 Å². The van der Waals surface area contributed by atoms with Crippen LogP contribution in [0.4, 0.5) is 17.2 Å². The van der Waals surface area contributed by atoms with E-state index < -0.39 is 0 Å². The van der Waals surface area contributed by atoms with Crippen molar-refractivity contribution in [2.75, 3.05) is 16.4 Å². The summed E-state index contributed by atoms with van der Waals surface area (Å²) in [5.41, 5.74) is 8.88. The summed E-state index contributed by atoms with van der Waals surface area (Å²) in [6, 6.07) is 14.8. The minimum atomic E-state index is -0.247. The predicted molar refractivity (Wildman–Crippen MR) is 104 cm³/mol. The average Bonchev–Trinajstić information content (AvgIpc) is 2.68. The first kappa shape index (κ1) is 17.2. The number of benzene rings is 1. The standard InChI is InChI=1S/C20H19N5O/c21-17-3-1-2-4-18(17)25-20(26)8-6-15-5-7-19(23-13-15)24-14-16-9-11-22-12-10-16/h1-13H,14,21H2,(H,23,24)(H,25,26)/b8-6-. The molecular formula is C20H19N5O. The quantitative estimate of drug-likeness (QED) is 0.471. The lowest BCUT2D eigenvalue weighted by Gasteiger charge is -2.06. The Kier molecular flexibility index (Phi) is 5.57. The van der Waals surface area contributed by atoms with Gasteiger partial charge in [0, 0.05) is 31.2 Å². The summed E-state index contributed by atoms with van der Waals surface area (Å²) >= 11 is 0. The first-order valence-corrected chi connectivity index (χ1v) is 8.13. The number of carbonyl (C=O) groups is 1. The van der Waals surface area contributed by atoms with Crippen molar-refractivity contribution in [3.05, 3.63) is 84.3 Å². The summed E-state index contributed by atoms with van der Waals surface area (Å²) in [5.74, 6) is 0.517. The molecule has 1 aromatic carbocycles. The minimum Gasteiger partial charge on any atom is -0.397 e. The van der Waals surface area contributed by atoms with Gasteiger partial charge in [0.05, 0.1) is 11.4 Å². The van der Waals surface area contributed by atoms with E-state index in [0.717, 1.165) is 16.9 Å². The van der Waals surface area contributed by atoms with Crippen LogP contribution in [0.15, 0.2) is 73.2 Å². The van der Waals surface area contributed by atoms with Gasteiger partial charge < -0.3 is 16.4 Å². The third kappa shape index (κ3) is 4.91. The maximum atomic E-state index is 12.0. The highest BCUT2D eigenvalue weighted by Crippen LogP contribution is 2.16. The lowest BCUT2D eigenvalue weighted by atomic mass is 10.2. The van der Waals surface area contributed by atoms with Crippen LogP contribution >= 0.6 is 0 Å². The second-order valence-electron chi connectivity index (χ2n) is 5.60. The third-order valence-corrected chi connectivity index (χ3v) is 3.66. The topological polar surface area (TPSA) is 92.9 Å². The number of hydrogen-bond acceptors (Lipinski definition) is 5. The summed E-state index contributed by atoms with van der Waals surface area (Å²) in [5, 5.41) is 5.98. The molecule has 0 bridgehead atoms. The lowest BCUT2D eigenvalue weighted by molar-refractivity contribution is -0.111. The first-order chi connectivity index (χ1) is 12.7. The van der Waals surface area contributed by atoms with Crippen molar-refractivity contribution in [1.82, 2.24) is 9.97 Å². The number of pyridine rings is 2. The van der Waals surface area contributed by atoms with E-state index >= 15 is 0 Å². The van der Waals surface area contributed by atoms with Gasteiger partial charge in [-0.2, -0.15) is 0 Å². The van der Waals surface area contributed by atoms with Crippen LogP contribution in [0.1, 0.15) is 11.1 Å². The van der Waals surface area contributed by atoms with E-state index in [2.05, 4.69) is 20.6 Å². The second kappa shape index (κ2) is 8.43. The zero-order valence-electron chi connectivity index (χ0n) is 14.1. The van der Waals surface area contributed by atoms with Gasteiger partial charge in [0.25, 0.3) is 0 Å². The SMILES string of the molecule is Nc1ccccc1NC(=O)/C=C\c1ccc(NCc2ccncc2)nc1. The molecule has 0 atom stereocenters. The molecule has 0 saturated heterocycles. The van der Waals surface area contributed by atoms with Gasteiger partial charge in [-0.05, 0) is 53.6 Å². The first-order valence-electron chi connectivity index (χ1n) is 8.13. The normalized spacial score (nSPS) is 10.6. The summed E-state index contributed by atoms with van der Waals surface area (Å²) in [4.78, 5) is 20.3. The molecule has 3 rings (SSSR count). The van der Waals surface area contributed by atoms with Crippen LogP contribution < -0.4 is 16.4 Å². The van der Waals surface area contributed by atoms with E-state index in [1.54, 1.807) is 36.8 Å². The maximum Gasteiger partial charge on any atom is 0.248 e. The molecule has 0 aliphatic heterocycles. The third-order valence-electron chi connectivity index (χ3n) is 3.66. The fourth-order valence-corrected chi connectivity index (χ4v) is 2.26. The Bertz CT molecular complexity index is 892. The fourth-order valence-electron chi connectivity index (χ4n) is 2.26. The number of hydrogen-bond donors (Lipinski definition) is 3. The summed E-state index contributed by atoms with van der Waals surface area (Å²) in [7, 11) is 0. The van der Waals surface area contributed by atoms with E-state index in [1.165, 1.54) is 6.08 Å². The highest BCUT2D eigenvalue weighted by Gasteiger charge is 2.01. The molecule has 130 valence electrons. The minimum absolute atomic E-state index is 0.247. The molecule has 0 aliphatic rings. The smallest absolute Gasteiger partial charge is 0.248 e. The highest BCUT2D eigenvalue weighted by atomic mass is 16.1. The number of aromatic nitrogens is 2. The van der Waals surface area contributed by atoms with Gasteiger partial charge in [-0.25, -0.2) is 4.98 Å². The molecule has 6 heteroatoms. The molecule has 3 aromatic rings. The molecule has 4 N–H and O–H groups in total. The Morgan fingerprint density at radius 1 is 1.08 bits per heavy atom. The molecule has 26 heavy (non-hydrogen) atoms. The molecule has 6 nitrogen and oxygen atoms in total. The van der Waals surface area contributed by atoms with Crippen molar-refractivity contribution in [2.24, 2.45) is 0 Å². The maximum absolute atomic E-state index is 12.0. The van der Waals surface area contributed by atoms with Crippen LogP contribution in [0.25, 0.3) is 6.08 Å². The molecule has 0 aliphatic carbocycles. The molecule has 0 fully saturated rings. The summed E-state index contributed by atoms with van der Waals surface area (Å²) < 4.78 is 0. The number of para-hydroxylation sites is 2. The van der Waals surface area contributed by atoms with Crippen molar-refractivity contribution in [2.45, 2.75) is 6.54 Å². The van der Waals surface area contributed by atoms with E-state index in [-0.39, 0.29) is 5.91 Å². The van der Waals surface area contributed by atoms with Crippen LogP contribution in [-0.4, -0.2) is 15.9 Å². The van der Waals surface area contributed by atoms with Crippen molar-refractivity contribution < 1.29 is 4.79 Å². The monoisotopic (exact) mass is 345 g/mol. The Labute approximate surface area is 151 Å². The summed E-state index contributed by atoms with van der Waals surface area (Å²) in [6.07, 6.45) is 8.37. The van der Waals surface area contributed by atoms with Gasteiger partial charge in [-0.15, -0.1) is 0 Å². The van der Waals surface area contributed by atoms with Gasteiger partial charge in [0.2, 0.25) is 5.91 Å².